The van der Waals surface area contributed by atoms with Crippen molar-refractivity contribution in [3.8, 4) is 0 Å². The standard InChI is InChI=1S/C11H12F3NS/c12-11(13,14)16-10-6-2-1-4-8(10)9-5-3-7-15-9/h1-2,4,6,9,15H,3,5,7H2/t9-/m0/s1. The summed E-state index contributed by atoms with van der Waals surface area (Å²) >= 11 is -0.0258. The number of benzene rings is 1. The van der Waals surface area contributed by atoms with Gasteiger partial charge in [-0.05, 0) is 42.8 Å². The van der Waals surface area contributed by atoms with Gasteiger partial charge in [0.05, 0.1) is 0 Å². The number of nitrogens with one attached hydrogen (secondary N) is 1. The van der Waals surface area contributed by atoms with Crippen LogP contribution in [-0.2, 0) is 0 Å². The number of hydrogen-bond acceptors (Lipinski definition) is 2. The smallest absolute Gasteiger partial charge is 0.310 e. The maximum atomic E-state index is 12.4. The fourth-order valence-corrected chi connectivity index (χ4v) is 2.66. The molecular formula is C11H12F3NS. The average molecular weight is 247 g/mol. The van der Waals surface area contributed by atoms with Crippen LogP contribution in [0.5, 0.6) is 0 Å². The van der Waals surface area contributed by atoms with Gasteiger partial charge in [-0.25, -0.2) is 0 Å². The van der Waals surface area contributed by atoms with Crippen LogP contribution in [0.3, 0.4) is 0 Å². The van der Waals surface area contributed by atoms with Crippen molar-refractivity contribution in [2.24, 2.45) is 0 Å². The topological polar surface area (TPSA) is 12.0 Å². The molecule has 0 aromatic heterocycles. The second-order valence-corrected chi connectivity index (χ2v) is 4.84. The summed E-state index contributed by atoms with van der Waals surface area (Å²) < 4.78 is 37.1. The van der Waals surface area contributed by atoms with Crippen molar-refractivity contribution < 1.29 is 13.2 Å². The molecule has 0 unspecified atom stereocenters. The molecule has 1 aromatic carbocycles. The van der Waals surface area contributed by atoms with Crippen molar-refractivity contribution in [1.29, 1.82) is 0 Å². The van der Waals surface area contributed by atoms with Crippen LogP contribution in [-0.4, -0.2) is 12.1 Å². The van der Waals surface area contributed by atoms with Crippen LogP contribution in [0.15, 0.2) is 29.2 Å². The highest BCUT2D eigenvalue weighted by Gasteiger charge is 2.31. The Morgan fingerprint density at radius 1 is 1.25 bits per heavy atom. The molecule has 1 heterocycles. The third kappa shape index (κ3) is 2.92. The summed E-state index contributed by atoms with van der Waals surface area (Å²) in [5.74, 6) is 0. The molecule has 1 N–H and O–H groups in total. The Hall–Kier alpha value is -0.680. The van der Waals surface area contributed by atoms with E-state index in [-0.39, 0.29) is 17.8 Å². The zero-order valence-electron chi connectivity index (χ0n) is 8.55. The van der Waals surface area contributed by atoms with Gasteiger partial charge in [-0.1, -0.05) is 18.2 Å². The maximum absolute atomic E-state index is 12.4. The van der Waals surface area contributed by atoms with E-state index in [0.717, 1.165) is 24.9 Å². The minimum absolute atomic E-state index is 0.0258. The molecule has 0 aliphatic carbocycles. The Morgan fingerprint density at radius 3 is 2.62 bits per heavy atom. The van der Waals surface area contributed by atoms with Crippen molar-refractivity contribution in [3.05, 3.63) is 29.8 Å². The molecule has 0 bridgehead atoms. The molecule has 0 spiro atoms. The van der Waals surface area contributed by atoms with Crippen molar-refractivity contribution in [2.75, 3.05) is 6.54 Å². The van der Waals surface area contributed by atoms with Crippen LogP contribution in [0.25, 0.3) is 0 Å². The monoisotopic (exact) mass is 247 g/mol. The van der Waals surface area contributed by atoms with Crippen molar-refractivity contribution in [1.82, 2.24) is 5.32 Å². The highest BCUT2D eigenvalue weighted by atomic mass is 32.2. The van der Waals surface area contributed by atoms with Gasteiger partial charge in [-0.15, -0.1) is 0 Å². The first kappa shape index (κ1) is 11.8. The largest absolute Gasteiger partial charge is 0.446 e. The maximum Gasteiger partial charge on any atom is 0.446 e. The highest BCUT2D eigenvalue weighted by Crippen LogP contribution is 2.41. The Labute approximate surface area is 96.4 Å². The van der Waals surface area contributed by atoms with Gasteiger partial charge in [0.2, 0.25) is 0 Å². The SMILES string of the molecule is FC(F)(F)Sc1ccccc1[C@@H]1CCCN1. The lowest BCUT2D eigenvalue weighted by molar-refractivity contribution is -0.0328. The molecule has 5 heteroatoms. The molecule has 1 atom stereocenters. The number of hydrogen-bond donors (Lipinski definition) is 1. The minimum Gasteiger partial charge on any atom is -0.310 e. The third-order valence-corrected chi connectivity index (χ3v) is 3.40. The van der Waals surface area contributed by atoms with Gasteiger partial charge in [-0.3, -0.25) is 0 Å². The summed E-state index contributed by atoms with van der Waals surface area (Å²) in [6.07, 6.45) is 1.94. The Kier molecular flexibility index (Phi) is 3.44. The lowest BCUT2D eigenvalue weighted by Crippen LogP contribution is -2.14. The number of halogens is 3. The van der Waals surface area contributed by atoms with E-state index >= 15 is 0 Å². The van der Waals surface area contributed by atoms with E-state index in [1.807, 2.05) is 0 Å². The van der Waals surface area contributed by atoms with Crippen LogP contribution in [0.2, 0.25) is 0 Å². The summed E-state index contributed by atoms with van der Waals surface area (Å²) in [7, 11) is 0. The van der Waals surface area contributed by atoms with Gasteiger partial charge >= 0.3 is 5.51 Å². The predicted octanol–water partition coefficient (Wildman–Crippen LogP) is 3.72. The number of alkyl halides is 3. The van der Waals surface area contributed by atoms with Crippen LogP contribution in [0, 0.1) is 0 Å². The summed E-state index contributed by atoms with van der Waals surface area (Å²) in [5.41, 5.74) is -3.45. The van der Waals surface area contributed by atoms with E-state index in [1.54, 1.807) is 18.2 Å². The van der Waals surface area contributed by atoms with Crippen LogP contribution < -0.4 is 5.32 Å². The molecule has 0 saturated carbocycles. The van der Waals surface area contributed by atoms with E-state index in [2.05, 4.69) is 5.32 Å². The summed E-state index contributed by atoms with van der Waals surface area (Å²) in [6.45, 7) is 0.885. The molecule has 88 valence electrons. The molecule has 1 aliphatic heterocycles. The quantitative estimate of drug-likeness (QED) is 0.799. The molecule has 1 aromatic rings. The van der Waals surface area contributed by atoms with Crippen molar-refractivity contribution >= 4 is 11.8 Å². The Balaban J connectivity index is 2.23. The molecule has 0 amide bonds. The van der Waals surface area contributed by atoms with E-state index in [0.29, 0.717) is 4.90 Å². The molecule has 1 nitrogen and oxygen atoms in total. The zero-order valence-corrected chi connectivity index (χ0v) is 9.37. The Morgan fingerprint density at radius 2 is 2.00 bits per heavy atom. The lowest BCUT2D eigenvalue weighted by atomic mass is 10.1. The van der Waals surface area contributed by atoms with Crippen LogP contribution in [0.4, 0.5) is 13.2 Å². The molecule has 0 radical (unpaired) electrons. The lowest BCUT2D eigenvalue weighted by Gasteiger charge is -2.16. The van der Waals surface area contributed by atoms with E-state index in [9.17, 15) is 13.2 Å². The third-order valence-electron chi connectivity index (χ3n) is 2.58. The first-order valence-electron chi connectivity index (χ1n) is 5.14. The number of thioether (sulfide) groups is 1. The van der Waals surface area contributed by atoms with Gasteiger partial charge in [0.15, 0.2) is 0 Å². The van der Waals surface area contributed by atoms with Crippen molar-refractivity contribution in [3.63, 3.8) is 0 Å². The fraction of sp³-hybridized carbons (Fsp3) is 0.455. The van der Waals surface area contributed by atoms with Crippen LogP contribution in [0.1, 0.15) is 24.4 Å². The van der Waals surface area contributed by atoms with Gasteiger partial charge in [0.25, 0.3) is 0 Å². The second kappa shape index (κ2) is 4.67. The molecule has 1 fully saturated rings. The predicted molar refractivity (Wildman–Crippen MR) is 58.3 cm³/mol. The fourth-order valence-electron chi connectivity index (χ4n) is 1.94. The zero-order chi connectivity index (χ0) is 11.6. The van der Waals surface area contributed by atoms with E-state index in [4.69, 9.17) is 0 Å². The molecular weight excluding hydrogens is 235 g/mol. The normalized spacial score (nSPS) is 21.3. The summed E-state index contributed by atoms with van der Waals surface area (Å²) in [4.78, 5) is 0.314. The van der Waals surface area contributed by atoms with Gasteiger partial charge in [-0.2, -0.15) is 13.2 Å². The first-order chi connectivity index (χ1) is 7.56. The van der Waals surface area contributed by atoms with Gasteiger partial charge < -0.3 is 5.32 Å². The van der Waals surface area contributed by atoms with E-state index in [1.165, 1.54) is 6.07 Å². The number of rotatable bonds is 2. The molecule has 1 saturated heterocycles. The van der Waals surface area contributed by atoms with Gasteiger partial charge in [0.1, 0.15) is 0 Å². The second-order valence-electron chi connectivity index (χ2n) is 3.73. The first-order valence-corrected chi connectivity index (χ1v) is 5.96. The van der Waals surface area contributed by atoms with E-state index < -0.39 is 5.51 Å². The Bertz CT molecular complexity index is 358. The molecule has 1 aliphatic rings. The van der Waals surface area contributed by atoms with Gasteiger partial charge in [0, 0.05) is 10.9 Å². The molecule has 2 rings (SSSR count). The minimum atomic E-state index is -4.21. The molecule has 16 heavy (non-hydrogen) atoms. The highest BCUT2D eigenvalue weighted by molar-refractivity contribution is 8.00. The average Bonchev–Trinajstić information content (AvgIpc) is 2.69. The van der Waals surface area contributed by atoms with Crippen LogP contribution >= 0.6 is 11.8 Å². The summed E-state index contributed by atoms with van der Waals surface area (Å²) in [5, 5.41) is 3.22. The summed E-state index contributed by atoms with van der Waals surface area (Å²) in [6, 6.07) is 6.82. The van der Waals surface area contributed by atoms with Crippen molar-refractivity contribution in [2.45, 2.75) is 29.3 Å².